The van der Waals surface area contributed by atoms with Gasteiger partial charge in [0, 0.05) is 11.3 Å². The van der Waals surface area contributed by atoms with Crippen molar-refractivity contribution in [1.82, 2.24) is 0 Å². The van der Waals surface area contributed by atoms with Crippen molar-refractivity contribution in [3.63, 3.8) is 0 Å². The summed E-state index contributed by atoms with van der Waals surface area (Å²) in [6.07, 6.45) is 6.10. The highest BCUT2D eigenvalue weighted by Gasteiger charge is 2.35. The van der Waals surface area contributed by atoms with E-state index in [0.29, 0.717) is 18.3 Å². The number of Topliss-reactive ketones (excluding diaryl/α,β-unsaturated/α-hetero) is 1. The molecular weight excluding hydrogens is 420 g/mol. The molecule has 1 aliphatic rings. The number of aliphatic hydroxyl groups is 2. The molecule has 3 rings (SSSR count). The molecule has 176 valence electrons. The van der Waals surface area contributed by atoms with Gasteiger partial charge in [-0.3, -0.25) is 4.79 Å². The third-order valence-corrected chi connectivity index (χ3v) is 8.55. The molecule has 5 heteroatoms. The zero-order chi connectivity index (χ0) is 23.5. The summed E-state index contributed by atoms with van der Waals surface area (Å²) in [6.45, 7) is 10.5. The lowest BCUT2D eigenvalue weighted by molar-refractivity contribution is 0.0531. The van der Waals surface area contributed by atoms with Crippen LogP contribution in [-0.2, 0) is 19.3 Å². The highest BCUT2D eigenvalue weighted by atomic mass is 32.1. The lowest BCUT2D eigenvalue weighted by Crippen LogP contribution is -2.27. The Morgan fingerprint density at radius 1 is 1.16 bits per heavy atom. The van der Waals surface area contributed by atoms with Crippen molar-refractivity contribution < 1.29 is 19.7 Å². The summed E-state index contributed by atoms with van der Waals surface area (Å²) in [6, 6.07) is 4.12. The number of carbonyl (C=O) groups is 1. The second-order valence-corrected chi connectivity index (χ2v) is 10.7. The minimum atomic E-state index is -0.883. The number of ketones is 1. The van der Waals surface area contributed by atoms with Crippen LogP contribution in [0.4, 0.5) is 0 Å². The van der Waals surface area contributed by atoms with E-state index in [0.717, 1.165) is 40.2 Å². The molecule has 2 aromatic rings. The van der Waals surface area contributed by atoms with Crippen LogP contribution >= 0.6 is 11.3 Å². The molecule has 32 heavy (non-hydrogen) atoms. The summed E-state index contributed by atoms with van der Waals surface area (Å²) in [5, 5.41) is 18.5. The lowest BCUT2D eigenvalue weighted by atomic mass is 9.68. The fourth-order valence-electron chi connectivity index (χ4n) is 5.07. The van der Waals surface area contributed by atoms with E-state index in [4.69, 9.17) is 9.84 Å². The van der Waals surface area contributed by atoms with Crippen molar-refractivity contribution >= 4 is 17.1 Å². The predicted molar refractivity (Wildman–Crippen MR) is 131 cm³/mol. The number of rotatable bonds is 10. The van der Waals surface area contributed by atoms with Gasteiger partial charge in [0.15, 0.2) is 5.78 Å². The summed E-state index contributed by atoms with van der Waals surface area (Å²) in [5.74, 6) is 1.01. The fourth-order valence-corrected chi connectivity index (χ4v) is 6.26. The SMILES string of the molecule is CCC1(CC)CCc2c(C(=O)CCc3cc(C)c(OCC(O)CO)c(C)c3)sc(C)c2C1. The van der Waals surface area contributed by atoms with Gasteiger partial charge in [0.1, 0.15) is 18.5 Å². The van der Waals surface area contributed by atoms with Crippen LogP contribution < -0.4 is 4.74 Å². The topological polar surface area (TPSA) is 66.8 Å². The van der Waals surface area contributed by atoms with Crippen LogP contribution in [0, 0.1) is 26.2 Å². The van der Waals surface area contributed by atoms with E-state index < -0.39 is 6.10 Å². The minimum Gasteiger partial charge on any atom is -0.490 e. The van der Waals surface area contributed by atoms with Crippen molar-refractivity contribution in [3.05, 3.63) is 49.7 Å². The molecule has 1 aromatic heterocycles. The quantitative estimate of drug-likeness (QED) is 0.460. The molecule has 1 unspecified atom stereocenters. The van der Waals surface area contributed by atoms with E-state index in [9.17, 15) is 9.90 Å². The summed E-state index contributed by atoms with van der Waals surface area (Å²) < 4.78 is 5.70. The molecule has 1 atom stereocenters. The third-order valence-electron chi connectivity index (χ3n) is 7.32. The summed E-state index contributed by atoms with van der Waals surface area (Å²) in [5.41, 5.74) is 6.28. The van der Waals surface area contributed by atoms with E-state index in [-0.39, 0.29) is 19.0 Å². The van der Waals surface area contributed by atoms with Gasteiger partial charge in [0.25, 0.3) is 0 Å². The molecule has 1 heterocycles. The van der Waals surface area contributed by atoms with Crippen molar-refractivity contribution in [1.29, 1.82) is 0 Å². The number of carbonyl (C=O) groups excluding carboxylic acids is 1. The monoisotopic (exact) mass is 458 g/mol. The average molecular weight is 459 g/mol. The first-order chi connectivity index (χ1) is 15.2. The first kappa shape index (κ1) is 24.9. The van der Waals surface area contributed by atoms with Crippen LogP contribution in [-0.4, -0.2) is 35.3 Å². The molecule has 1 aliphatic carbocycles. The van der Waals surface area contributed by atoms with Crippen molar-refractivity contribution in [2.24, 2.45) is 5.41 Å². The van der Waals surface area contributed by atoms with Gasteiger partial charge in [-0.1, -0.05) is 38.8 Å². The normalized spacial score (nSPS) is 16.0. The molecule has 1 aromatic carbocycles. The van der Waals surface area contributed by atoms with Crippen molar-refractivity contribution in [2.45, 2.75) is 85.7 Å². The second kappa shape index (κ2) is 10.5. The molecule has 2 N–H and O–H groups in total. The number of hydrogen-bond donors (Lipinski definition) is 2. The Balaban J connectivity index is 1.69. The van der Waals surface area contributed by atoms with Crippen LogP contribution in [0.25, 0.3) is 0 Å². The van der Waals surface area contributed by atoms with Gasteiger partial charge in [-0.05, 0) is 79.7 Å². The minimum absolute atomic E-state index is 0.0657. The van der Waals surface area contributed by atoms with E-state index in [2.05, 4.69) is 32.9 Å². The highest BCUT2D eigenvalue weighted by molar-refractivity contribution is 7.14. The number of fused-ring (bicyclic) bond motifs is 1. The second-order valence-electron chi connectivity index (χ2n) is 9.46. The summed E-state index contributed by atoms with van der Waals surface area (Å²) in [4.78, 5) is 15.5. The predicted octanol–water partition coefficient (Wildman–Crippen LogP) is 5.52. The molecule has 0 aliphatic heterocycles. The lowest BCUT2D eigenvalue weighted by Gasteiger charge is -2.36. The van der Waals surface area contributed by atoms with Crippen LogP contribution in [0.1, 0.15) is 81.9 Å². The zero-order valence-corrected chi connectivity index (χ0v) is 21.0. The number of hydrogen-bond acceptors (Lipinski definition) is 5. The average Bonchev–Trinajstić information content (AvgIpc) is 3.12. The maximum Gasteiger partial charge on any atom is 0.173 e. The number of aryl methyl sites for hydroxylation is 4. The Labute approximate surface area is 196 Å². The molecule has 0 fully saturated rings. The molecule has 0 amide bonds. The summed E-state index contributed by atoms with van der Waals surface area (Å²) >= 11 is 1.70. The van der Waals surface area contributed by atoms with Gasteiger partial charge in [0.2, 0.25) is 0 Å². The maximum atomic E-state index is 13.2. The van der Waals surface area contributed by atoms with E-state index in [1.807, 2.05) is 13.8 Å². The molecule has 0 bridgehead atoms. The number of benzene rings is 1. The molecule has 0 spiro atoms. The van der Waals surface area contributed by atoms with E-state index in [1.54, 1.807) is 11.3 Å². The Bertz CT molecular complexity index is 932. The highest BCUT2D eigenvalue weighted by Crippen LogP contribution is 2.45. The Kier molecular flexibility index (Phi) is 8.18. The molecule has 4 nitrogen and oxygen atoms in total. The van der Waals surface area contributed by atoms with Gasteiger partial charge in [-0.15, -0.1) is 11.3 Å². The van der Waals surface area contributed by atoms with Crippen LogP contribution in [0.15, 0.2) is 12.1 Å². The number of aliphatic hydroxyl groups excluding tert-OH is 2. The standard InChI is InChI=1S/C27H38O4S/c1-6-27(7-2)11-10-22-23(14-27)19(5)32-26(22)24(30)9-8-20-12-17(3)25(18(4)13-20)31-16-21(29)15-28/h12-13,21,28-29H,6-11,14-16H2,1-5H3. The Hall–Kier alpha value is -1.69. The maximum absolute atomic E-state index is 13.2. The Morgan fingerprint density at radius 3 is 2.41 bits per heavy atom. The first-order valence-electron chi connectivity index (χ1n) is 11.9. The zero-order valence-electron chi connectivity index (χ0n) is 20.2. The molecule has 0 saturated carbocycles. The van der Waals surface area contributed by atoms with Crippen LogP contribution in [0.2, 0.25) is 0 Å². The van der Waals surface area contributed by atoms with E-state index >= 15 is 0 Å². The molecule has 0 radical (unpaired) electrons. The van der Waals surface area contributed by atoms with Gasteiger partial charge in [0.05, 0.1) is 11.5 Å². The fraction of sp³-hybridized carbons (Fsp3) is 0.593. The number of thiophene rings is 1. The van der Waals surface area contributed by atoms with E-state index in [1.165, 1.54) is 35.3 Å². The van der Waals surface area contributed by atoms with Crippen molar-refractivity contribution in [3.8, 4) is 5.75 Å². The van der Waals surface area contributed by atoms with Crippen LogP contribution in [0.3, 0.4) is 0 Å². The molecular formula is C27H38O4S. The van der Waals surface area contributed by atoms with Gasteiger partial charge < -0.3 is 14.9 Å². The van der Waals surface area contributed by atoms with Gasteiger partial charge >= 0.3 is 0 Å². The molecule has 0 saturated heterocycles. The largest absolute Gasteiger partial charge is 0.490 e. The third kappa shape index (κ3) is 5.27. The van der Waals surface area contributed by atoms with Gasteiger partial charge in [-0.2, -0.15) is 0 Å². The number of ether oxygens (including phenoxy) is 1. The Morgan fingerprint density at radius 2 is 1.81 bits per heavy atom. The first-order valence-corrected chi connectivity index (χ1v) is 12.7. The van der Waals surface area contributed by atoms with Crippen molar-refractivity contribution in [2.75, 3.05) is 13.2 Å². The smallest absolute Gasteiger partial charge is 0.173 e. The van der Waals surface area contributed by atoms with Gasteiger partial charge in [-0.25, -0.2) is 0 Å². The van der Waals surface area contributed by atoms with Crippen LogP contribution in [0.5, 0.6) is 5.75 Å². The summed E-state index contributed by atoms with van der Waals surface area (Å²) in [7, 11) is 0.